The molecule has 154 valence electrons. The van der Waals surface area contributed by atoms with Crippen molar-refractivity contribution >= 4 is 11.9 Å². The summed E-state index contributed by atoms with van der Waals surface area (Å²) in [6, 6.07) is 0. The van der Waals surface area contributed by atoms with Crippen LogP contribution in [0.1, 0.15) is 72.5 Å². The molecule has 28 heavy (non-hydrogen) atoms. The first-order valence-corrected chi connectivity index (χ1v) is 9.49. The highest BCUT2D eigenvalue weighted by Gasteiger charge is 2.29. The van der Waals surface area contributed by atoms with E-state index in [1.165, 1.54) is 0 Å². The van der Waals surface area contributed by atoms with Crippen LogP contribution >= 0.6 is 0 Å². The van der Waals surface area contributed by atoms with Crippen molar-refractivity contribution in [2.75, 3.05) is 6.61 Å². The molecule has 0 saturated carbocycles. The van der Waals surface area contributed by atoms with E-state index in [4.69, 9.17) is 9.47 Å². The van der Waals surface area contributed by atoms with Gasteiger partial charge in [0.25, 0.3) is 0 Å². The van der Waals surface area contributed by atoms with Gasteiger partial charge in [-0.1, -0.05) is 6.92 Å². The van der Waals surface area contributed by atoms with E-state index in [9.17, 15) is 9.59 Å². The van der Waals surface area contributed by atoms with E-state index in [1.54, 1.807) is 33.9 Å². The van der Waals surface area contributed by atoms with Gasteiger partial charge in [-0.15, -0.1) is 0 Å². The lowest BCUT2D eigenvalue weighted by Gasteiger charge is -2.19. The number of esters is 2. The Bertz CT molecular complexity index is 830. The molecule has 2 N–H and O–H groups in total. The van der Waals surface area contributed by atoms with Crippen molar-refractivity contribution in [1.29, 1.82) is 0 Å². The molecule has 0 aromatic carbocycles. The van der Waals surface area contributed by atoms with Gasteiger partial charge in [-0.3, -0.25) is 0 Å². The zero-order valence-corrected chi connectivity index (χ0v) is 17.5. The number of aromatic amines is 1. The normalized spacial score (nSPS) is 11.5. The average Bonchev–Trinajstić information content (AvgIpc) is 3.17. The number of ether oxygens (including phenoxy) is 2. The van der Waals surface area contributed by atoms with Gasteiger partial charge < -0.3 is 24.3 Å². The molecule has 0 spiro atoms. The Morgan fingerprint density at radius 3 is 2.46 bits per heavy atom. The SMILES string of the molecule is CCOC(=O)c1c(CNCc2nccn2C)[nH]c(C(=O)OC(C)(C)C)c1CC. The number of H-pyrrole nitrogens is 1. The third kappa shape index (κ3) is 5.22. The van der Waals surface area contributed by atoms with E-state index in [1.807, 2.05) is 24.7 Å². The Morgan fingerprint density at radius 1 is 1.21 bits per heavy atom. The molecule has 2 rings (SSSR count). The zero-order valence-electron chi connectivity index (χ0n) is 17.5. The lowest BCUT2D eigenvalue weighted by Crippen LogP contribution is -2.24. The molecule has 2 aromatic rings. The van der Waals surface area contributed by atoms with Crippen LogP contribution in [-0.2, 0) is 36.0 Å². The average molecular weight is 390 g/mol. The Kier molecular flexibility index (Phi) is 7.01. The molecule has 2 aromatic heterocycles. The largest absolute Gasteiger partial charge is 0.462 e. The molecule has 0 unspecified atom stereocenters. The van der Waals surface area contributed by atoms with E-state index in [-0.39, 0.29) is 6.61 Å². The lowest BCUT2D eigenvalue weighted by atomic mass is 10.1. The fourth-order valence-electron chi connectivity index (χ4n) is 2.90. The summed E-state index contributed by atoms with van der Waals surface area (Å²) in [7, 11) is 1.92. The number of nitrogens with zero attached hydrogens (tertiary/aromatic N) is 2. The molecule has 0 atom stereocenters. The van der Waals surface area contributed by atoms with Crippen LogP contribution in [0.3, 0.4) is 0 Å². The van der Waals surface area contributed by atoms with Crippen molar-refractivity contribution in [3.05, 3.63) is 40.7 Å². The summed E-state index contributed by atoms with van der Waals surface area (Å²) in [6.07, 6.45) is 4.09. The van der Waals surface area contributed by atoms with E-state index in [0.717, 1.165) is 5.82 Å². The number of hydrogen-bond donors (Lipinski definition) is 2. The zero-order chi connectivity index (χ0) is 20.9. The Balaban J connectivity index is 2.31. The number of carbonyl (C=O) groups excluding carboxylic acids is 2. The van der Waals surface area contributed by atoms with Crippen LogP contribution in [0.2, 0.25) is 0 Å². The molecule has 0 radical (unpaired) electrons. The summed E-state index contributed by atoms with van der Waals surface area (Å²) < 4.78 is 12.6. The summed E-state index contributed by atoms with van der Waals surface area (Å²) >= 11 is 0. The van der Waals surface area contributed by atoms with Crippen molar-refractivity contribution in [2.24, 2.45) is 7.05 Å². The summed E-state index contributed by atoms with van der Waals surface area (Å²) in [5.74, 6) is -0.0585. The predicted octanol–water partition coefficient (Wildman–Crippen LogP) is 2.73. The second-order valence-electron chi connectivity index (χ2n) is 7.47. The first-order valence-electron chi connectivity index (χ1n) is 9.49. The Labute approximate surface area is 165 Å². The van der Waals surface area contributed by atoms with Crippen LogP contribution in [-0.4, -0.2) is 38.7 Å². The van der Waals surface area contributed by atoms with Crippen LogP contribution in [0.25, 0.3) is 0 Å². The monoisotopic (exact) mass is 390 g/mol. The maximum atomic E-state index is 12.7. The summed E-state index contributed by atoms with van der Waals surface area (Å²) in [5, 5.41) is 3.26. The third-order valence-corrected chi connectivity index (χ3v) is 4.12. The van der Waals surface area contributed by atoms with Crippen LogP contribution in [0.15, 0.2) is 12.4 Å². The maximum Gasteiger partial charge on any atom is 0.355 e. The predicted molar refractivity (Wildman–Crippen MR) is 105 cm³/mol. The van der Waals surface area contributed by atoms with Gasteiger partial charge in [0.2, 0.25) is 0 Å². The highest BCUT2D eigenvalue weighted by Crippen LogP contribution is 2.24. The molecular formula is C20H30N4O4. The fraction of sp³-hybridized carbons (Fsp3) is 0.550. The van der Waals surface area contributed by atoms with Gasteiger partial charge in [0.15, 0.2) is 0 Å². The first kappa shape index (κ1) is 21.7. The van der Waals surface area contributed by atoms with Crippen LogP contribution < -0.4 is 5.32 Å². The smallest absolute Gasteiger partial charge is 0.355 e. The van der Waals surface area contributed by atoms with Crippen molar-refractivity contribution in [2.45, 2.75) is 59.7 Å². The topological polar surface area (TPSA) is 98.2 Å². The van der Waals surface area contributed by atoms with Crippen LogP contribution in [0.5, 0.6) is 0 Å². The molecular weight excluding hydrogens is 360 g/mol. The van der Waals surface area contributed by atoms with E-state index in [0.29, 0.717) is 42.0 Å². The molecule has 0 aliphatic rings. The molecule has 8 heteroatoms. The summed E-state index contributed by atoms with van der Waals surface area (Å²) in [5.41, 5.74) is 1.28. The van der Waals surface area contributed by atoms with Crippen molar-refractivity contribution in [3.8, 4) is 0 Å². The molecule has 0 fully saturated rings. The van der Waals surface area contributed by atoms with E-state index in [2.05, 4.69) is 15.3 Å². The highest BCUT2D eigenvalue weighted by molar-refractivity contribution is 5.98. The number of carbonyl (C=O) groups is 2. The highest BCUT2D eigenvalue weighted by atomic mass is 16.6. The molecule has 0 aliphatic heterocycles. The Morgan fingerprint density at radius 2 is 1.93 bits per heavy atom. The standard InChI is InChI=1S/C20H30N4O4/c1-7-13-16(18(25)27-8-2)14(11-21-12-15-22-9-10-24(15)6)23-17(13)19(26)28-20(3,4)5/h9-10,21,23H,7-8,11-12H2,1-6H3. The molecule has 8 nitrogen and oxygen atoms in total. The number of hydrogen-bond acceptors (Lipinski definition) is 6. The third-order valence-electron chi connectivity index (χ3n) is 4.12. The number of aromatic nitrogens is 3. The van der Waals surface area contributed by atoms with Crippen molar-refractivity contribution in [3.63, 3.8) is 0 Å². The minimum absolute atomic E-state index is 0.259. The van der Waals surface area contributed by atoms with Gasteiger partial charge in [-0.2, -0.15) is 0 Å². The van der Waals surface area contributed by atoms with E-state index < -0.39 is 17.5 Å². The summed E-state index contributed by atoms with van der Waals surface area (Å²) in [6.45, 7) is 10.2. The summed E-state index contributed by atoms with van der Waals surface area (Å²) in [4.78, 5) is 32.6. The fourth-order valence-corrected chi connectivity index (χ4v) is 2.90. The molecule has 0 bridgehead atoms. The number of imidazole rings is 1. The van der Waals surface area contributed by atoms with Gasteiger partial charge in [0.1, 0.15) is 17.1 Å². The first-order chi connectivity index (χ1) is 13.2. The number of nitrogens with one attached hydrogen (secondary N) is 2. The Hall–Kier alpha value is -2.61. The van der Waals surface area contributed by atoms with Gasteiger partial charge in [-0.25, -0.2) is 14.6 Å². The minimum atomic E-state index is -0.631. The van der Waals surface area contributed by atoms with Gasteiger partial charge >= 0.3 is 11.9 Å². The van der Waals surface area contributed by atoms with Gasteiger partial charge in [0, 0.05) is 31.7 Å². The quantitative estimate of drug-likeness (QED) is 0.673. The van der Waals surface area contributed by atoms with Gasteiger partial charge in [0.05, 0.1) is 18.7 Å². The molecule has 2 heterocycles. The number of aryl methyl sites for hydroxylation is 1. The lowest BCUT2D eigenvalue weighted by molar-refractivity contribution is 0.00622. The van der Waals surface area contributed by atoms with Crippen molar-refractivity contribution in [1.82, 2.24) is 19.9 Å². The van der Waals surface area contributed by atoms with E-state index >= 15 is 0 Å². The van der Waals surface area contributed by atoms with Gasteiger partial charge in [-0.05, 0) is 39.7 Å². The van der Waals surface area contributed by atoms with Crippen molar-refractivity contribution < 1.29 is 19.1 Å². The number of rotatable bonds is 8. The minimum Gasteiger partial charge on any atom is -0.462 e. The maximum absolute atomic E-state index is 12.7. The second kappa shape index (κ2) is 9.05. The molecule has 0 amide bonds. The van der Waals surface area contributed by atoms with Crippen LogP contribution in [0.4, 0.5) is 0 Å². The molecule has 0 saturated heterocycles. The van der Waals surface area contributed by atoms with Crippen LogP contribution in [0, 0.1) is 0 Å². The second-order valence-corrected chi connectivity index (χ2v) is 7.47. The molecule has 0 aliphatic carbocycles.